The van der Waals surface area contributed by atoms with Crippen LogP contribution in [0.4, 0.5) is 0 Å². The Labute approximate surface area is 159 Å². The summed E-state index contributed by atoms with van der Waals surface area (Å²) >= 11 is 0. The number of likely N-dealkylation sites (tertiary alicyclic amines) is 1. The highest BCUT2D eigenvalue weighted by Gasteiger charge is 2.21. The quantitative estimate of drug-likeness (QED) is 0.741. The summed E-state index contributed by atoms with van der Waals surface area (Å²) in [5, 5.41) is 13.5. The highest BCUT2D eigenvalue weighted by Crippen LogP contribution is 2.25. The minimum absolute atomic E-state index is 0.254. The smallest absolute Gasteiger partial charge is 0.223 e. The molecule has 0 aliphatic carbocycles. The number of aromatic nitrogens is 2. The van der Waals surface area contributed by atoms with Gasteiger partial charge in [0.15, 0.2) is 0 Å². The second kappa shape index (κ2) is 8.03. The van der Waals surface area contributed by atoms with Crippen molar-refractivity contribution in [2.24, 2.45) is 0 Å². The second-order valence-electron chi connectivity index (χ2n) is 7.21. The lowest BCUT2D eigenvalue weighted by atomic mass is 10.00. The third kappa shape index (κ3) is 4.10. The molecular formula is C22H25N3O2. The van der Waals surface area contributed by atoms with Crippen LogP contribution in [0.2, 0.25) is 0 Å². The number of aryl methyl sites for hydroxylation is 1. The van der Waals surface area contributed by atoms with Gasteiger partial charge in [-0.25, -0.2) is 0 Å². The van der Waals surface area contributed by atoms with Gasteiger partial charge in [0.2, 0.25) is 11.7 Å². The van der Waals surface area contributed by atoms with E-state index in [1.54, 1.807) is 6.92 Å². The van der Waals surface area contributed by atoms with Crippen molar-refractivity contribution in [3.63, 3.8) is 0 Å². The number of nitrogens with zero attached hydrogens (tertiary/aromatic N) is 3. The largest absolute Gasteiger partial charge is 0.395 e. The summed E-state index contributed by atoms with van der Waals surface area (Å²) in [6.07, 6.45) is 3.54. The lowest BCUT2D eigenvalue weighted by Gasteiger charge is -2.34. The first-order valence-corrected chi connectivity index (χ1v) is 9.58. The average Bonchev–Trinajstić information content (AvgIpc) is 3.15. The molecule has 27 heavy (non-hydrogen) atoms. The molecule has 1 atom stereocenters. The van der Waals surface area contributed by atoms with E-state index in [1.165, 1.54) is 24.0 Å². The van der Waals surface area contributed by atoms with Crippen LogP contribution in [0.15, 0.2) is 53.1 Å². The molecule has 2 aromatic carbocycles. The number of piperidine rings is 1. The minimum Gasteiger partial charge on any atom is -0.395 e. The minimum atomic E-state index is 0.254. The van der Waals surface area contributed by atoms with Crippen molar-refractivity contribution in [2.45, 2.75) is 38.8 Å². The molecule has 1 unspecified atom stereocenters. The van der Waals surface area contributed by atoms with Crippen LogP contribution < -0.4 is 0 Å². The number of aliphatic hydroxyl groups is 1. The summed E-state index contributed by atoms with van der Waals surface area (Å²) in [5.41, 5.74) is 4.59. The summed E-state index contributed by atoms with van der Waals surface area (Å²) < 4.78 is 5.04. The summed E-state index contributed by atoms with van der Waals surface area (Å²) in [4.78, 5) is 6.67. The molecule has 1 fully saturated rings. The van der Waals surface area contributed by atoms with Crippen LogP contribution in [0, 0.1) is 6.92 Å². The molecule has 1 aliphatic rings. The molecule has 2 heterocycles. The standard InChI is InChI=1S/C22H25N3O2/c1-16-23-22(24-27-16)20-11-9-19(10-12-20)18-7-5-17(6-8-18)14-25-13-3-2-4-21(25)15-26/h5-12,21,26H,2-4,13-15H2,1H3. The molecule has 5 nitrogen and oxygen atoms in total. The Kier molecular flexibility index (Phi) is 5.32. The molecule has 0 bridgehead atoms. The first kappa shape index (κ1) is 17.9. The van der Waals surface area contributed by atoms with Gasteiger partial charge in [0.25, 0.3) is 0 Å². The van der Waals surface area contributed by atoms with Crippen LogP contribution in [0.5, 0.6) is 0 Å². The normalized spacial score (nSPS) is 17.9. The topological polar surface area (TPSA) is 62.4 Å². The SMILES string of the molecule is Cc1nc(-c2ccc(-c3ccc(CN4CCCCC4CO)cc3)cc2)no1. The van der Waals surface area contributed by atoms with Gasteiger partial charge in [0.1, 0.15) is 0 Å². The predicted molar refractivity (Wildman–Crippen MR) is 105 cm³/mol. The Morgan fingerprint density at radius 2 is 1.67 bits per heavy atom. The Morgan fingerprint density at radius 1 is 1.00 bits per heavy atom. The molecule has 4 rings (SSSR count). The maximum absolute atomic E-state index is 9.58. The van der Waals surface area contributed by atoms with E-state index < -0.39 is 0 Å². The molecular weight excluding hydrogens is 338 g/mol. The van der Waals surface area contributed by atoms with Gasteiger partial charge in [-0.2, -0.15) is 4.98 Å². The number of benzene rings is 2. The highest BCUT2D eigenvalue weighted by atomic mass is 16.5. The third-order valence-corrected chi connectivity index (χ3v) is 5.30. The van der Waals surface area contributed by atoms with Crippen molar-refractivity contribution < 1.29 is 9.63 Å². The third-order valence-electron chi connectivity index (χ3n) is 5.30. The van der Waals surface area contributed by atoms with E-state index in [1.807, 2.05) is 12.1 Å². The van der Waals surface area contributed by atoms with E-state index in [0.717, 1.165) is 30.6 Å². The van der Waals surface area contributed by atoms with Crippen LogP contribution >= 0.6 is 0 Å². The molecule has 0 radical (unpaired) electrons. The summed E-state index contributed by atoms with van der Waals surface area (Å²) in [6.45, 7) is 4.02. The molecule has 1 N–H and O–H groups in total. The molecule has 3 aromatic rings. The lowest BCUT2D eigenvalue weighted by molar-refractivity contribution is 0.0841. The van der Waals surface area contributed by atoms with Gasteiger partial charge in [0.05, 0.1) is 6.61 Å². The Morgan fingerprint density at radius 3 is 2.30 bits per heavy atom. The molecule has 140 valence electrons. The van der Waals surface area contributed by atoms with Crippen LogP contribution in [0.3, 0.4) is 0 Å². The monoisotopic (exact) mass is 363 g/mol. The van der Waals surface area contributed by atoms with E-state index in [0.29, 0.717) is 17.8 Å². The summed E-state index contributed by atoms with van der Waals surface area (Å²) in [7, 11) is 0. The van der Waals surface area contributed by atoms with Crippen molar-refractivity contribution >= 4 is 0 Å². The highest BCUT2D eigenvalue weighted by molar-refractivity contribution is 5.67. The van der Waals surface area contributed by atoms with Crippen molar-refractivity contribution in [2.75, 3.05) is 13.2 Å². The molecule has 0 spiro atoms. The first-order valence-electron chi connectivity index (χ1n) is 9.58. The maximum Gasteiger partial charge on any atom is 0.223 e. The first-order chi connectivity index (χ1) is 13.2. The fraction of sp³-hybridized carbons (Fsp3) is 0.364. The number of hydrogen-bond acceptors (Lipinski definition) is 5. The fourth-order valence-electron chi connectivity index (χ4n) is 3.74. The van der Waals surface area contributed by atoms with Gasteiger partial charge in [-0.05, 0) is 36.1 Å². The van der Waals surface area contributed by atoms with Gasteiger partial charge in [-0.1, -0.05) is 60.1 Å². The molecule has 0 amide bonds. The number of aliphatic hydroxyl groups excluding tert-OH is 1. The van der Waals surface area contributed by atoms with E-state index in [2.05, 4.69) is 51.4 Å². The van der Waals surface area contributed by atoms with Crippen molar-refractivity contribution in [1.29, 1.82) is 0 Å². The van der Waals surface area contributed by atoms with Crippen LogP contribution in [0.25, 0.3) is 22.5 Å². The fourth-order valence-corrected chi connectivity index (χ4v) is 3.74. The van der Waals surface area contributed by atoms with Gasteiger partial charge < -0.3 is 9.63 Å². The van der Waals surface area contributed by atoms with Gasteiger partial charge in [-0.3, -0.25) is 4.90 Å². The zero-order chi connectivity index (χ0) is 18.6. The Hall–Kier alpha value is -2.50. The van der Waals surface area contributed by atoms with Gasteiger partial charge in [0, 0.05) is 25.1 Å². The molecule has 1 saturated heterocycles. The average molecular weight is 363 g/mol. The number of rotatable bonds is 5. The van der Waals surface area contributed by atoms with Crippen LogP contribution in [-0.4, -0.2) is 39.3 Å². The molecule has 1 aromatic heterocycles. The zero-order valence-corrected chi connectivity index (χ0v) is 15.6. The predicted octanol–water partition coefficient (Wildman–Crippen LogP) is 4.06. The summed E-state index contributed by atoms with van der Waals surface area (Å²) in [5.74, 6) is 1.19. The molecule has 5 heteroatoms. The number of hydrogen-bond donors (Lipinski definition) is 1. The molecule has 0 saturated carbocycles. The van der Waals surface area contributed by atoms with E-state index in [9.17, 15) is 5.11 Å². The Balaban J connectivity index is 1.45. The van der Waals surface area contributed by atoms with E-state index >= 15 is 0 Å². The summed E-state index contributed by atoms with van der Waals surface area (Å²) in [6, 6.07) is 17.2. The lowest BCUT2D eigenvalue weighted by Crippen LogP contribution is -2.41. The zero-order valence-electron chi connectivity index (χ0n) is 15.6. The van der Waals surface area contributed by atoms with E-state index in [-0.39, 0.29) is 6.61 Å². The van der Waals surface area contributed by atoms with E-state index in [4.69, 9.17) is 4.52 Å². The van der Waals surface area contributed by atoms with Crippen molar-refractivity contribution in [3.05, 3.63) is 60.0 Å². The van der Waals surface area contributed by atoms with Gasteiger partial charge in [-0.15, -0.1) is 0 Å². The molecule has 1 aliphatic heterocycles. The van der Waals surface area contributed by atoms with Crippen LogP contribution in [-0.2, 0) is 6.54 Å². The van der Waals surface area contributed by atoms with Crippen LogP contribution in [0.1, 0.15) is 30.7 Å². The Bertz CT molecular complexity index is 871. The maximum atomic E-state index is 9.58. The second-order valence-corrected chi connectivity index (χ2v) is 7.21. The van der Waals surface area contributed by atoms with Crippen molar-refractivity contribution in [3.8, 4) is 22.5 Å². The van der Waals surface area contributed by atoms with Crippen molar-refractivity contribution in [1.82, 2.24) is 15.0 Å². The van der Waals surface area contributed by atoms with Gasteiger partial charge >= 0.3 is 0 Å².